The highest BCUT2D eigenvalue weighted by Gasteiger charge is 2.29. The standard InChI is InChI=1S/C21H32N2O5S/c1-14-6-9-23(10-7-14)21(25)16(8-11-29-5)22-20(24)15-12-17(26-2)19(28-4)18(13-15)27-3/h12-14,16H,6-11H2,1-5H3,(H,22,24)/t16-/m0/s1. The molecule has 0 radical (unpaired) electrons. The van der Waals surface area contributed by atoms with Gasteiger partial charge in [0.1, 0.15) is 6.04 Å². The van der Waals surface area contributed by atoms with Crippen LogP contribution in [0.4, 0.5) is 0 Å². The van der Waals surface area contributed by atoms with E-state index < -0.39 is 6.04 Å². The van der Waals surface area contributed by atoms with Crippen molar-refractivity contribution in [1.29, 1.82) is 0 Å². The van der Waals surface area contributed by atoms with Crippen molar-refractivity contribution in [1.82, 2.24) is 10.2 Å². The number of benzene rings is 1. The van der Waals surface area contributed by atoms with Gasteiger partial charge in [0.2, 0.25) is 11.7 Å². The third-order valence-corrected chi connectivity index (χ3v) is 5.88. The number of nitrogens with zero attached hydrogens (tertiary/aromatic N) is 1. The smallest absolute Gasteiger partial charge is 0.252 e. The Bertz CT molecular complexity index is 679. The van der Waals surface area contributed by atoms with E-state index in [1.165, 1.54) is 21.3 Å². The maximum absolute atomic E-state index is 13.1. The molecule has 1 aromatic carbocycles. The molecule has 1 N–H and O–H groups in total. The number of likely N-dealkylation sites (tertiary alicyclic amines) is 1. The fourth-order valence-corrected chi connectivity index (χ4v) is 3.87. The fraction of sp³-hybridized carbons (Fsp3) is 0.619. The molecular weight excluding hydrogens is 392 g/mol. The van der Waals surface area contributed by atoms with Crippen molar-refractivity contribution in [2.24, 2.45) is 5.92 Å². The lowest BCUT2D eigenvalue weighted by Gasteiger charge is -2.33. The first-order chi connectivity index (χ1) is 13.9. The van der Waals surface area contributed by atoms with Crippen molar-refractivity contribution in [2.45, 2.75) is 32.2 Å². The number of nitrogens with one attached hydrogen (secondary N) is 1. The summed E-state index contributed by atoms with van der Waals surface area (Å²) < 4.78 is 16.0. The van der Waals surface area contributed by atoms with Gasteiger partial charge in [0.15, 0.2) is 11.5 Å². The average molecular weight is 425 g/mol. The molecule has 2 amide bonds. The largest absolute Gasteiger partial charge is 0.493 e. The predicted molar refractivity (Wildman–Crippen MR) is 115 cm³/mol. The van der Waals surface area contributed by atoms with Crippen molar-refractivity contribution >= 4 is 23.6 Å². The fourth-order valence-electron chi connectivity index (χ4n) is 3.40. The van der Waals surface area contributed by atoms with Crippen LogP contribution in [-0.2, 0) is 4.79 Å². The molecule has 162 valence electrons. The van der Waals surface area contributed by atoms with E-state index in [2.05, 4.69) is 12.2 Å². The quantitative estimate of drug-likeness (QED) is 0.657. The molecule has 1 aliphatic rings. The normalized spacial score (nSPS) is 15.6. The molecule has 1 atom stereocenters. The Hall–Kier alpha value is -2.09. The Labute approximate surface area is 177 Å². The van der Waals surface area contributed by atoms with E-state index >= 15 is 0 Å². The Morgan fingerprint density at radius 3 is 2.21 bits per heavy atom. The number of rotatable bonds is 9. The minimum atomic E-state index is -0.553. The molecule has 29 heavy (non-hydrogen) atoms. The number of ether oxygens (including phenoxy) is 3. The average Bonchev–Trinajstić information content (AvgIpc) is 2.75. The molecule has 1 heterocycles. The molecule has 1 aromatic rings. The van der Waals surface area contributed by atoms with Gasteiger partial charge in [0, 0.05) is 18.7 Å². The maximum atomic E-state index is 13.1. The lowest BCUT2D eigenvalue weighted by molar-refractivity contribution is -0.134. The number of amides is 2. The molecule has 2 rings (SSSR count). The summed E-state index contributed by atoms with van der Waals surface area (Å²) in [5.74, 6) is 2.29. The summed E-state index contributed by atoms with van der Waals surface area (Å²) >= 11 is 1.66. The number of carbonyl (C=O) groups excluding carboxylic acids is 2. The van der Waals surface area contributed by atoms with Gasteiger partial charge in [0.05, 0.1) is 21.3 Å². The number of hydrogen-bond acceptors (Lipinski definition) is 6. The van der Waals surface area contributed by atoms with E-state index in [0.29, 0.717) is 35.2 Å². The minimum absolute atomic E-state index is 0.00765. The van der Waals surface area contributed by atoms with Crippen LogP contribution in [0.1, 0.15) is 36.5 Å². The van der Waals surface area contributed by atoms with Crippen molar-refractivity contribution < 1.29 is 23.8 Å². The predicted octanol–water partition coefficient (Wildman–Crippen LogP) is 2.82. The van der Waals surface area contributed by atoms with Crippen LogP contribution in [0.2, 0.25) is 0 Å². The number of methoxy groups -OCH3 is 3. The van der Waals surface area contributed by atoms with Crippen molar-refractivity contribution in [3.8, 4) is 17.2 Å². The molecule has 0 aromatic heterocycles. The first-order valence-electron chi connectivity index (χ1n) is 9.83. The van der Waals surface area contributed by atoms with Gasteiger partial charge >= 0.3 is 0 Å². The zero-order valence-corrected chi connectivity index (χ0v) is 18.8. The molecular formula is C21H32N2O5S. The van der Waals surface area contributed by atoms with Crippen LogP contribution < -0.4 is 19.5 Å². The topological polar surface area (TPSA) is 77.1 Å². The zero-order chi connectivity index (χ0) is 21.4. The van der Waals surface area contributed by atoms with Gasteiger partial charge < -0.3 is 24.4 Å². The van der Waals surface area contributed by atoms with Crippen LogP contribution >= 0.6 is 11.8 Å². The maximum Gasteiger partial charge on any atom is 0.252 e. The number of carbonyl (C=O) groups is 2. The summed E-state index contributed by atoms with van der Waals surface area (Å²) in [5.41, 5.74) is 0.355. The van der Waals surface area contributed by atoms with Gasteiger partial charge in [-0.25, -0.2) is 0 Å². The van der Waals surface area contributed by atoms with E-state index in [9.17, 15) is 9.59 Å². The van der Waals surface area contributed by atoms with Gasteiger partial charge in [-0.2, -0.15) is 11.8 Å². The third-order valence-electron chi connectivity index (χ3n) is 5.24. The molecule has 0 unspecified atom stereocenters. The first-order valence-corrected chi connectivity index (χ1v) is 11.2. The number of piperidine rings is 1. The summed E-state index contributed by atoms with van der Waals surface area (Å²) in [4.78, 5) is 27.9. The second-order valence-corrected chi connectivity index (χ2v) is 8.21. The van der Waals surface area contributed by atoms with Gasteiger partial charge in [-0.1, -0.05) is 6.92 Å². The lowest BCUT2D eigenvalue weighted by atomic mass is 9.98. The highest BCUT2D eigenvalue weighted by Crippen LogP contribution is 2.38. The molecule has 1 saturated heterocycles. The van der Waals surface area contributed by atoms with Crippen molar-refractivity contribution in [3.05, 3.63) is 17.7 Å². The lowest BCUT2D eigenvalue weighted by Crippen LogP contribution is -2.50. The van der Waals surface area contributed by atoms with Gasteiger partial charge in [-0.3, -0.25) is 9.59 Å². The summed E-state index contributed by atoms with van der Waals surface area (Å²) in [6.45, 7) is 3.70. The van der Waals surface area contributed by atoms with E-state index in [4.69, 9.17) is 14.2 Å². The minimum Gasteiger partial charge on any atom is -0.493 e. The zero-order valence-electron chi connectivity index (χ0n) is 17.9. The van der Waals surface area contributed by atoms with E-state index in [1.807, 2.05) is 11.2 Å². The van der Waals surface area contributed by atoms with E-state index in [-0.39, 0.29) is 11.8 Å². The molecule has 0 spiro atoms. The van der Waals surface area contributed by atoms with Crippen LogP contribution in [0.5, 0.6) is 17.2 Å². The molecule has 0 saturated carbocycles. The Morgan fingerprint density at radius 2 is 1.72 bits per heavy atom. The van der Waals surface area contributed by atoms with Gasteiger partial charge in [-0.05, 0) is 49.3 Å². The van der Waals surface area contributed by atoms with Crippen LogP contribution in [0.3, 0.4) is 0 Å². The van der Waals surface area contributed by atoms with E-state index in [1.54, 1.807) is 23.9 Å². The summed E-state index contributed by atoms with van der Waals surface area (Å²) in [6, 6.07) is 2.63. The van der Waals surface area contributed by atoms with Crippen LogP contribution in [0.25, 0.3) is 0 Å². The molecule has 7 nitrogen and oxygen atoms in total. The Balaban J connectivity index is 2.20. The number of thioether (sulfide) groups is 1. The van der Waals surface area contributed by atoms with E-state index in [0.717, 1.165) is 31.7 Å². The third kappa shape index (κ3) is 5.95. The first kappa shape index (κ1) is 23.2. The second-order valence-electron chi connectivity index (χ2n) is 7.23. The molecule has 0 aliphatic carbocycles. The highest BCUT2D eigenvalue weighted by atomic mass is 32.2. The van der Waals surface area contributed by atoms with Crippen LogP contribution in [-0.4, -0.2) is 69.2 Å². The molecule has 1 aliphatic heterocycles. The van der Waals surface area contributed by atoms with Crippen LogP contribution in [0, 0.1) is 5.92 Å². The summed E-state index contributed by atoms with van der Waals surface area (Å²) in [6.07, 6.45) is 4.58. The molecule has 8 heteroatoms. The van der Waals surface area contributed by atoms with Crippen molar-refractivity contribution in [3.63, 3.8) is 0 Å². The Morgan fingerprint density at radius 1 is 1.14 bits per heavy atom. The number of hydrogen-bond donors (Lipinski definition) is 1. The Kier molecular flexibility index (Phi) is 8.95. The summed E-state index contributed by atoms with van der Waals surface area (Å²) in [5, 5.41) is 2.92. The van der Waals surface area contributed by atoms with Gasteiger partial charge in [-0.15, -0.1) is 0 Å². The SMILES string of the molecule is COc1cc(C(=O)N[C@@H](CCSC)C(=O)N2CCC(C)CC2)cc(OC)c1OC. The van der Waals surface area contributed by atoms with Crippen LogP contribution in [0.15, 0.2) is 12.1 Å². The van der Waals surface area contributed by atoms with Crippen molar-refractivity contribution in [2.75, 3.05) is 46.4 Å². The summed E-state index contributed by atoms with van der Waals surface area (Å²) in [7, 11) is 4.51. The monoisotopic (exact) mass is 424 g/mol. The van der Waals surface area contributed by atoms with Gasteiger partial charge in [0.25, 0.3) is 5.91 Å². The highest BCUT2D eigenvalue weighted by molar-refractivity contribution is 7.98. The molecule has 0 bridgehead atoms. The second kappa shape index (κ2) is 11.2. The molecule has 1 fully saturated rings.